The third kappa shape index (κ3) is 2.29. The van der Waals surface area contributed by atoms with Crippen LogP contribution in [0.2, 0.25) is 0 Å². The number of fused-ring (bicyclic) bond motifs is 2. The molecule has 4 heterocycles. The molecule has 0 amide bonds. The second kappa shape index (κ2) is 5.69. The van der Waals surface area contributed by atoms with Crippen molar-refractivity contribution in [2.75, 3.05) is 18.0 Å². The molecule has 132 valence electrons. The lowest BCUT2D eigenvalue weighted by Gasteiger charge is -2.33. The van der Waals surface area contributed by atoms with Crippen LogP contribution >= 0.6 is 0 Å². The van der Waals surface area contributed by atoms with Crippen LogP contribution in [-0.2, 0) is 0 Å². The molecule has 5 rings (SSSR count). The molecule has 0 atom stereocenters. The summed E-state index contributed by atoms with van der Waals surface area (Å²) >= 11 is 0. The molecular formula is C18H19N7O. The maximum absolute atomic E-state index is 12.4. The highest BCUT2D eigenvalue weighted by molar-refractivity contribution is 5.75. The zero-order chi connectivity index (χ0) is 17.7. The molecule has 0 aliphatic carbocycles. The fourth-order valence-electron chi connectivity index (χ4n) is 3.85. The molecule has 1 aromatic carbocycles. The van der Waals surface area contributed by atoms with E-state index in [1.165, 1.54) is 0 Å². The van der Waals surface area contributed by atoms with Gasteiger partial charge in [-0.1, -0.05) is 12.1 Å². The minimum absolute atomic E-state index is 0.0238. The van der Waals surface area contributed by atoms with Gasteiger partial charge in [-0.25, -0.2) is 4.79 Å². The highest BCUT2D eigenvalue weighted by Gasteiger charge is 2.24. The molecule has 8 heteroatoms. The van der Waals surface area contributed by atoms with Crippen LogP contribution in [0.5, 0.6) is 0 Å². The summed E-state index contributed by atoms with van der Waals surface area (Å²) < 4.78 is 3.68. The molecule has 1 aliphatic rings. The van der Waals surface area contributed by atoms with E-state index in [1.54, 1.807) is 4.52 Å². The molecule has 4 aromatic rings. The van der Waals surface area contributed by atoms with Crippen molar-refractivity contribution in [2.45, 2.75) is 25.8 Å². The van der Waals surface area contributed by atoms with Crippen LogP contribution in [0.15, 0.2) is 41.2 Å². The number of anilines is 1. The normalized spacial score (nSPS) is 16.0. The Balaban J connectivity index is 1.40. The van der Waals surface area contributed by atoms with Crippen molar-refractivity contribution in [1.29, 1.82) is 0 Å². The standard InChI is InChI=1S/C18H19N7O/c1-12-20-21-16-6-7-17(22-25(12)16)23-10-8-13(9-11-23)24-15-5-3-2-4-14(15)19-18(24)26/h2-7,13H,8-11H2,1H3,(H,19,26). The molecule has 1 saturated heterocycles. The third-order valence-corrected chi connectivity index (χ3v) is 5.18. The number of aryl methyl sites for hydroxylation is 1. The van der Waals surface area contributed by atoms with Gasteiger partial charge < -0.3 is 9.88 Å². The van der Waals surface area contributed by atoms with Gasteiger partial charge in [0, 0.05) is 19.1 Å². The number of piperidine rings is 1. The minimum Gasteiger partial charge on any atom is -0.355 e. The number of hydrogen-bond donors (Lipinski definition) is 1. The molecule has 0 saturated carbocycles. The molecule has 1 aliphatic heterocycles. The van der Waals surface area contributed by atoms with E-state index in [-0.39, 0.29) is 11.7 Å². The number of nitrogens with one attached hydrogen (secondary N) is 1. The van der Waals surface area contributed by atoms with Gasteiger partial charge in [0.25, 0.3) is 0 Å². The van der Waals surface area contributed by atoms with Gasteiger partial charge in [0.05, 0.1) is 11.0 Å². The molecule has 0 bridgehead atoms. The van der Waals surface area contributed by atoms with Gasteiger partial charge in [0.2, 0.25) is 0 Å². The number of H-pyrrole nitrogens is 1. The summed E-state index contributed by atoms with van der Waals surface area (Å²) in [7, 11) is 0. The summed E-state index contributed by atoms with van der Waals surface area (Å²) in [6.07, 6.45) is 1.81. The van der Waals surface area contributed by atoms with Crippen LogP contribution in [0.3, 0.4) is 0 Å². The number of aromatic amines is 1. The van der Waals surface area contributed by atoms with Crippen LogP contribution in [0.4, 0.5) is 5.82 Å². The fourth-order valence-corrected chi connectivity index (χ4v) is 3.85. The van der Waals surface area contributed by atoms with Crippen molar-refractivity contribution in [3.8, 4) is 0 Å². The number of hydrogen-bond acceptors (Lipinski definition) is 5. The highest BCUT2D eigenvalue weighted by atomic mass is 16.1. The molecule has 1 N–H and O–H groups in total. The predicted octanol–water partition coefficient (Wildman–Crippen LogP) is 1.92. The third-order valence-electron chi connectivity index (χ3n) is 5.18. The van der Waals surface area contributed by atoms with Crippen LogP contribution in [0.1, 0.15) is 24.7 Å². The number of aromatic nitrogens is 6. The van der Waals surface area contributed by atoms with E-state index in [0.29, 0.717) is 0 Å². The first-order valence-electron chi connectivity index (χ1n) is 8.84. The Labute approximate surface area is 149 Å². The fraction of sp³-hybridized carbons (Fsp3) is 0.333. The monoisotopic (exact) mass is 349 g/mol. The SMILES string of the molecule is Cc1nnc2ccc(N3CCC(n4c(=O)[nH]c5ccccc54)CC3)nn12. The van der Waals surface area contributed by atoms with Crippen LogP contribution < -0.4 is 10.6 Å². The topological polar surface area (TPSA) is 84.1 Å². The van der Waals surface area contributed by atoms with Crippen molar-refractivity contribution < 1.29 is 0 Å². The van der Waals surface area contributed by atoms with Crippen LogP contribution in [0, 0.1) is 6.92 Å². The molecule has 0 unspecified atom stereocenters. The Bertz CT molecular complexity index is 1150. The zero-order valence-corrected chi connectivity index (χ0v) is 14.5. The maximum atomic E-state index is 12.4. The molecule has 0 radical (unpaired) electrons. The van der Waals surface area contributed by atoms with Crippen molar-refractivity contribution in [1.82, 2.24) is 29.4 Å². The van der Waals surface area contributed by atoms with E-state index in [9.17, 15) is 4.79 Å². The summed E-state index contributed by atoms with van der Waals surface area (Å²) in [4.78, 5) is 17.6. The van der Waals surface area contributed by atoms with Crippen molar-refractivity contribution in [2.24, 2.45) is 0 Å². The number of nitrogens with zero attached hydrogens (tertiary/aromatic N) is 6. The van der Waals surface area contributed by atoms with Gasteiger partial charge in [-0.3, -0.25) is 4.57 Å². The van der Waals surface area contributed by atoms with E-state index in [0.717, 1.165) is 54.3 Å². The average molecular weight is 349 g/mol. The molecule has 26 heavy (non-hydrogen) atoms. The lowest BCUT2D eigenvalue weighted by molar-refractivity contribution is 0.394. The lowest BCUT2D eigenvalue weighted by atomic mass is 10.0. The number of para-hydroxylation sites is 2. The quantitative estimate of drug-likeness (QED) is 0.598. The Morgan fingerprint density at radius 1 is 1.08 bits per heavy atom. The van der Waals surface area contributed by atoms with Crippen molar-refractivity contribution in [3.05, 3.63) is 52.7 Å². The zero-order valence-electron chi connectivity index (χ0n) is 14.5. The van der Waals surface area contributed by atoms with Gasteiger partial charge in [-0.15, -0.1) is 15.3 Å². The average Bonchev–Trinajstić information content (AvgIpc) is 3.21. The number of rotatable bonds is 2. The largest absolute Gasteiger partial charge is 0.355 e. The minimum atomic E-state index is -0.0238. The van der Waals surface area contributed by atoms with Gasteiger partial charge in [0.15, 0.2) is 11.5 Å². The maximum Gasteiger partial charge on any atom is 0.326 e. The molecule has 3 aromatic heterocycles. The molecule has 0 spiro atoms. The Hall–Kier alpha value is -3.16. The van der Waals surface area contributed by atoms with Crippen LogP contribution in [0.25, 0.3) is 16.7 Å². The van der Waals surface area contributed by atoms with E-state index in [1.807, 2.05) is 47.9 Å². The van der Waals surface area contributed by atoms with Gasteiger partial charge in [0.1, 0.15) is 5.82 Å². The summed E-state index contributed by atoms with van der Waals surface area (Å²) in [6, 6.07) is 12.0. The molecular weight excluding hydrogens is 330 g/mol. The highest BCUT2D eigenvalue weighted by Crippen LogP contribution is 2.27. The Kier molecular flexibility index (Phi) is 3.31. The van der Waals surface area contributed by atoms with Crippen molar-refractivity contribution in [3.63, 3.8) is 0 Å². The van der Waals surface area contributed by atoms with Crippen LogP contribution in [-0.4, -0.2) is 42.5 Å². The van der Waals surface area contributed by atoms with Crippen molar-refractivity contribution >= 4 is 22.5 Å². The smallest absolute Gasteiger partial charge is 0.326 e. The Morgan fingerprint density at radius 3 is 2.73 bits per heavy atom. The van der Waals surface area contributed by atoms with E-state index < -0.39 is 0 Å². The Morgan fingerprint density at radius 2 is 1.88 bits per heavy atom. The summed E-state index contributed by atoms with van der Waals surface area (Å²) in [6.45, 7) is 3.61. The lowest BCUT2D eigenvalue weighted by Crippen LogP contribution is -2.37. The number of benzene rings is 1. The first kappa shape index (κ1) is 15.1. The summed E-state index contributed by atoms with van der Waals surface area (Å²) in [5.74, 6) is 1.70. The number of imidazole rings is 1. The van der Waals surface area contributed by atoms with Gasteiger partial charge in [-0.2, -0.15) is 4.52 Å². The van der Waals surface area contributed by atoms with Gasteiger partial charge in [-0.05, 0) is 44.0 Å². The predicted molar refractivity (Wildman–Crippen MR) is 98.6 cm³/mol. The first-order valence-corrected chi connectivity index (χ1v) is 8.84. The van der Waals surface area contributed by atoms with E-state index in [4.69, 9.17) is 0 Å². The first-order chi connectivity index (χ1) is 12.7. The van der Waals surface area contributed by atoms with E-state index in [2.05, 4.69) is 25.2 Å². The molecule has 1 fully saturated rings. The van der Waals surface area contributed by atoms with Gasteiger partial charge >= 0.3 is 5.69 Å². The summed E-state index contributed by atoms with van der Waals surface area (Å²) in [5, 5.41) is 12.8. The van der Waals surface area contributed by atoms with E-state index >= 15 is 0 Å². The molecule has 8 nitrogen and oxygen atoms in total. The summed E-state index contributed by atoms with van der Waals surface area (Å²) in [5.41, 5.74) is 2.61. The second-order valence-electron chi connectivity index (χ2n) is 6.74. The second-order valence-corrected chi connectivity index (χ2v) is 6.74.